The molecule has 4 heteroatoms. The van der Waals surface area contributed by atoms with E-state index in [1.54, 1.807) is 0 Å². The summed E-state index contributed by atoms with van der Waals surface area (Å²) < 4.78 is 4.58. The first-order valence-corrected chi connectivity index (χ1v) is 4.89. The van der Waals surface area contributed by atoms with Gasteiger partial charge in [-0.2, -0.15) is 0 Å². The number of likely N-dealkylation sites (N-methyl/N-ethyl adjacent to an activating group) is 2. The summed E-state index contributed by atoms with van der Waals surface area (Å²) in [4.78, 5) is 0. The maximum Gasteiger partial charge on any atom is 0.257 e. The second kappa shape index (κ2) is 3.36. The van der Waals surface area contributed by atoms with Crippen LogP contribution in [0.5, 0.6) is 0 Å². The Bertz CT molecular complexity index is 249. The van der Waals surface area contributed by atoms with Gasteiger partial charge in [0.2, 0.25) is 0 Å². The second-order valence-electron chi connectivity index (χ2n) is 3.77. The van der Waals surface area contributed by atoms with Crippen LogP contribution in [0.15, 0.2) is 0 Å². The van der Waals surface area contributed by atoms with E-state index in [-0.39, 0.29) is 0 Å². The quantitative estimate of drug-likeness (QED) is 0.518. The Hall–Kier alpha value is -1.06. The topological polar surface area (TPSA) is 30.1 Å². The van der Waals surface area contributed by atoms with Gasteiger partial charge in [0, 0.05) is 0 Å². The number of hydrogen-bond acceptors (Lipinski definition) is 2. The van der Waals surface area contributed by atoms with Crippen LogP contribution in [0.1, 0.15) is 6.42 Å². The van der Waals surface area contributed by atoms with E-state index in [4.69, 9.17) is 0 Å². The summed E-state index contributed by atoms with van der Waals surface area (Å²) in [6.07, 6.45) is 1.02. The molecule has 2 aliphatic rings. The number of nitrogens with one attached hydrogen (secondary N) is 2. The van der Waals surface area contributed by atoms with Crippen LogP contribution in [-0.4, -0.2) is 61.1 Å². The third-order valence-electron chi connectivity index (χ3n) is 2.81. The zero-order valence-electron chi connectivity index (χ0n) is 8.43. The summed E-state index contributed by atoms with van der Waals surface area (Å²) in [5, 5.41) is 6.82. The van der Waals surface area contributed by atoms with Crippen LogP contribution in [0.3, 0.4) is 0 Å². The van der Waals surface area contributed by atoms with Gasteiger partial charge in [-0.3, -0.25) is 19.8 Å². The predicted octanol–water partition coefficient (Wildman–Crippen LogP) is -1.34. The Balaban J connectivity index is 2.05. The van der Waals surface area contributed by atoms with Gasteiger partial charge < -0.3 is 0 Å². The van der Waals surface area contributed by atoms with Gasteiger partial charge in [-0.1, -0.05) is 0 Å². The lowest BCUT2D eigenvalue weighted by molar-refractivity contribution is -0.492. The van der Waals surface area contributed by atoms with E-state index in [1.807, 2.05) is 0 Å². The molecular formula is C9H18N4+2. The summed E-state index contributed by atoms with van der Waals surface area (Å²) >= 11 is 0. The SMILES string of the molecule is C[N+]1=C(CC2=[N+](C)CCN2)NCC1. The normalized spacial score (nSPS) is 22.3. The molecule has 0 aliphatic carbocycles. The zero-order chi connectivity index (χ0) is 9.26. The second-order valence-corrected chi connectivity index (χ2v) is 3.77. The van der Waals surface area contributed by atoms with Gasteiger partial charge in [-0.15, -0.1) is 0 Å². The first kappa shape index (κ1) is 8.53. The minimum atomic E-state index is 1.02. The Morgan fingerprint density at radius 2 is 1.46 bits per heavy atom. The number of rotatable bonds is 2. The highest BCUT2D eigenvalue weighted by atomic mass is 15.2. The summed E-state index contributed by atoms with van der Waals surface area (Å²) in [6.45, 7) is 4.43. The van der Waals surface area contributed by atoms with E-state index < -0.39 is 0 Å². The maximum absolute atomic E-state index is 3.41. The molecule has 2 heterocycles. The summed E-state index contributed by atoms with van der Waals surface area (Å²) in [6, 6.07) is 0. The third-order valence-corrected chi connectivity index (χ3v) is 2.81. The van der Waals surface area contributed by atoms with Crippen molar-refractivity contribution in [3.05, 3.63) is 0 Å². The van der Waals surface area contributed by atoms with Crippen molar-refractivity contribution in [2.24, 2.45) is 0 Å². The van der Waals surface area contributed by atoms with Crippen LogP contribution in [0.2, 0.25) is 0 Å². The molecule has 13 heavy (non-hydrogen) atoms. The van der Waals surface area contributed by atoms with Crippen LogP contribution in [0.25, 0.3) is 0 Å². The van der Waals surface area contributed by atoms with Crippen LogP contribution < -0.4 is 10.6 Å². The summed E-state index contributed by atoms with van der Waals surface area (Å²) in [7, 11) is 4.29. The van der Waals surface area contributed by atoms with E-state index in [2.05, 4.69) is 33.9 Å². The fraction of sp³-hybridized carbons (Fsp3) is 0.778. The molecule has 0 saturated heterocycles. The Morgan fingerprint density at radius 3 is 1.77 bits per heavy atom. The molecule has 2 N–H and O–H groups in total. The van der Waals surface area contributed by atoms with Crippen molar-refractivity contribution in [1.82, 2.24) is 10.6 Å². The average molecular weight is 182 g/mol. The largest absolute Gasteiger partial charge is 0.274 e. The lowest BCUT2D eigenvalue weighted by Gasteiger charge is -1.97. The third kappa shape index (κ3) is 1.66. The molecule has 72 valence electrons. The zero-order valence-corrected chi connectivity index (χ0v) is 8.43. The number of amidine groups is 2. The van der Waals surface area contributed by atoms with Gasteiger partial charge in [0.05, 0.1) is 14.1 Å². The van der Waals surface area contributed by atoms with Crippen molar-refractivity contribution < 1.29 is 9.15 Å². The lowest BCUT2D eigenvalue weighted by Crippen LogP contribution is -2.31. The minimum Gasteiger partial charge on any atom is -0.274 e. The van der Waals surface area contributed by atoms with Crippen molar-refractivity contribution in [2.45, 2.75) is 6.42 Å². The molecule has 0 aromatic carbocycles. The van der Waals surface area contributed by atoms with Gasteiger partial charge in [-0.25, -0.2) is 0 Å². The molecule has 0 unspecified atom stereocenters. The highest BCUT2D eigenvalue weighted by molar-refractivity contribution is 5.98. The van der Waals surface area contributed by atoms with Crippen LogP contribution in [0, 0.1) is 0 Å². The van der Waals surface area contributed by atoms with E-state index in [1.165, 1.54) is 11.7 Å². The van der Waals surface area contributed by atoms with E-state index in [0.717, 1.165) is 32.6 Å². The molecule has 0 saturated carbocycles. The molecule has 0 radical (unpaired) electrons. The van der Waals surface area contributed by atoms with Gasteiger partial charge >= 0.3 is 0 Å². The Morgan fingerprint density at radius 1 is 1.00 bits per heavy atom. The van der Waals surface area contributed by atoms with Crippen molar-refractivity contribution in [1.29, 1.82) is 0 Å². The standard InChI is InChI=1S/C9H16N4/c1-12-5-3-10-8(12)7-9-11-4-6-13(9)2/h3-7H2,1-2H3/p+2. The Kier molecular flexibility index (Phi) is 2.20. The smallest absolute Gasteiger partial charge is 0.257 e. The van der Waals surface area contributed by atoms with E-state index in [9.17, 15) is 0 Å². The van der Waals surface area contributed by atoms with Gasteiger partial charge in [0.15, 0.2) is 0 Å². The molecule has 4 nitrogen and oxygen atoms in total. The molecule has 0 fully saturated rings. The molecule has 2 rings (SSSR count). The molecule has 0 amide bonds. The number of nitrogens with zero attached hydrogens (tertiary/aromatic N) is 2. The van der Waals surface area contributed by atoms with E-state index >= 15 is 0 Å². The van der Waals surface area contributed by atoms with Gasteiger partial charge in [0.25, 0.3) is 11.7 Å². The molecule has 0 bridgehead atoms. The minimum absolute atomic E-state index is 1.02. The molecule has 2 aliphatic heterocycles. The first-order valence-electron chi connectivity index (χ1n) is 4.89. The Labute approximate surface area is 79.0 Å². The van der Waals surface area contributed by atoms with Crippen molar-refractivity contribution >= 4 is 11.7 Å². The maximum atomic E-state index is 3.41. The predicted molar refractivity (Wildman–Crippen MR) is 52.7 cm³/mol. The number of hydrogen-bond donors (Lipinski definition) is 2. The fourth-order valence-corrected chi connectivity index (χ4v) is 1.83. The van der Waals surface area contributed by atoms with Crippen molar-refractivity contribution in [2.75, 3.05) is 40.3 Å². The van der Waals surface area contributed by atoms with Gasteiger partial charge in [-0.05, 0) is 0 Å². The lowest BCUT2D eigenvalue weighted by atomic mass is 10.3. The van der Waals surface area contributed by atoms with E-state index in [0.29, 0.717) is 0 Å². The fourth-order valence-electron chi connectivity index (χ4n) is 1.83. The molecular weight excluding hydrogens is 164 g/mol. The highest BCUT2D eigenvalue weighted by Crippen LogP contribution is 1.94. The molecule has 0 spiro atoms. The summed E-state index contributed by atoms with van der Waals surface area (Å²) in [5.74, 6) is 2.69. The molecule has 0 aromatic rings. The average Bonchev–Trinajstić information content (AvgIpc) is 2.65. The van der Waals surface area contributed by atoms with Crippen LogP contribution >= 0.6 is 0 Å². The van der Waals surface area contributed by atoms with Crippen molar-refractivity contribution in [3.8, 4) is 0 Å². The van der Waals surface area contributed by atoms with Crippen molar-refractivity contribution in [3.63, 3.8) is 0 Å². The molecule has 0 aromatic heterocycles. The monoisotopic (exact) mass is 182 g/mol. The van der Waals surface area contributed by atoms with Gasteiger partial charge in [0.1, 0.15) is 32.6 Å². The molecule has 0 atom stereocenters. The van der Waals surface area contributed by atoms with Crippen LogP contribution in [-0.2, 0) is 0 Å². The first-order chi connectivity index (χ1) is 6.27. The summed E-state index contributed by atoms with van der Waals surface area (Å²) in [5.41, 5.74) is 0. The van der Waals surface area contributed by atoms with Crippen LogP contribution in [0.4, 0.5) is 0 Å². The highest BCUT2D eigenvalue weighted by Gasteiger charge is 2.26.